The van der Waals surface area contributed by atoms with Crippen LogP contribution in [0.3, 0.4) is 0 Å². The molecule has 0 aliphatic rings. The second-order valence-corrected chi connectivity index (χ2v) is 8.01. The van der Waals surface area contributed by atoms with Crippen molar-refractivity contribution in [2.24, 2.45) is 16.8 Å². The predicted molar refractivity (Wildman–Crippen MR) is 119 cm³/mol. The summed E-state index contributed by atoms with van der Waals surface area (Å²) in [4.78, 5) is 26.0. The molecule has 10 heteroatoms. The highest BCUT2D eigenvalue weighted by Gasteiger charge is 2.17. The number of amidine groups is 1. The smallest absolute Gasteiger partial charge is 0.275 e. The van der Waals surface area contributed by atoms with Crippen LogP contribution in [0.4, 0.5) is 5.82 Å². The van der Waals surface area contributed by atoms with Gasteiger partial charge in [-0.05, 0) is 51.5 Å². The summed E-state index contributed by atoms with van der Waals surface area (Å²) in [5.74, 6) is 11.8. The predicted octanol–water partition coefficient (Wildman–Crippen LogP) is 2.67. The number of anilines is 1. The second-order valence-electron chi connectivity index (χ2n) is 6.95. The Hall–Kier alpha value is -3.37. The van der Waals surface area contributed by atoms with Gasteiger partial charge in [0.05, 0.1) is 10.7 Å². The highest BCUT2D eigenvalue weighted by Crippen LogP contribution is 2.25. The molecule has 3 rings (SSSR count). The standard InChI is InChI=1S/C20H24N8OS/c1-11(2)28(22)19(27-21)15-6-5-7-18(25-15)26-20(29)16-8-14(12(3)9-23-16)17-10-30-13(4)24-17/h5-11H,21-22H2,1-4H3,(H,25,26,29)/b27-19-. The second kappa shape index (κ2) is 8.97. The van der Waals surface area contributed by atoms with E-state index in [1.807, 2.05) is 33.1 Å². The first-order valence-electron chi connectivity index (χ1n) is 9.30. The molecule has 0 aliphatic heterocycles. The van der Waals surface area contributed by atoms with Crippen molar-refractivity contribution in [2.75, 3.05) is 5.32 Å². The normalized spacial score (nSPS) is 11.6. The van der Waals surface area contributed by atoms with E-state index in [9.17, 15) is 4.79 Å². The van der Waals surface area contributed by atoms with Crippen molar-refractivity contribution in [1.82, 2.24) is 20.0 Å². The molecule has 0 aliphatic carbocycles. The van der Waals surface area contributed by atoms with Crippen molar-refractivity contribution in [2.45, 2.75) is 33.7 Å². The zero-order valence-electron chi connectivity index (χ0n) is 17.2. The Morgan fingerprint density at radius 2 is 2.00 bits per heavy atom. The molecule has 0 atom stereocenters. The van der Waals surface area contributed by atoms with E-state index in [0.29, 0.717) is 17.3 Å². The van der Waals surface area contributed by atoms with Gasteiger partial charge in [-0.2, -0.15) is 5.10 Å². The molecule has 3 aromatic rings. The molecule has 0 radical (unpaired) electrons. The third kappa shape index (κ3) is 4.61. The number of pyridine rings is 2. The Morgan fingerprint density at radius 3 is 2.63 bits per heavy atom. The zero-order valence-corrected chi connectivity index (χ0v) is 18.1. The molecule has 0 aromatic carbocycles. The number of carbonyl (C=O) groups excluding carboxylic acids is 1. The van der Waals surface area contributed by atoms with E-state index in [-0.39, 0.29) is 17.6 Å². The van der Waals surface area contributed by atoms with E-state index >= 15 is 0 Å². The van der Waals surface area contributed by atoms with Crippen LogP contribution in [-0.4, -0.2) is 37.7 Å². The van der Waals surface area contributed by atoms with Gasteiger partial charge in [0.1, 0.15) is 17.2 Å². The highest BCUT2D eigenvalue weighted by molar-refractivity contribution is 7.09. The quantitative estimate of drug-likeness (QED) is 0.248. The zero-order chi connectivity index (χ0) is 21.8. The summed E-state index contributed by atoms with van der Waals surface area (Å²) in [6.07, 6.45) is 1.66. The highest BCUT2D eigenvalue weighted by atomic mass is 32.1. The fraction of sp³-hybridized carbons (Fsp3) is 0.250. The maximum absolute atomic E-state index is 12.8. The summed E-state index contributed by atoms with van der Waals surface area (Å²) in [6.45, 7) is 7.69. The number of carbonyl (C=O) groups is 1. The van der Waals surface area contributed by atoms with E-state index in [4.69, 9.17) is 11.7 Å². The molecule has 156 valence electrons. The van der Waals surface area contributed by atoms with Crippen LogP contribution in [0.1, 0.15) is 40.6 Å². The van der Waals surface area contributed by atoms with Gasteiger partial charge < -0.3 is 11.2 Å². The number of nitrogens with two attached hydrogens (primary N) is 2. The van der Waals surface area contributed by atoms with E-state index in [1.54, 1.807) is 41.8 Å². The summed E-state index contributed by atoms with van der Waals surface area (Å²) in [6, 6.07) is 6.83. The Bertz CT molecular complexity index is 1090. The number of rotatable bonds is 5. The molecule has 0 fully saturated rings. The van der Waals surface area contributed by atoms with E-state index in [2.05, 4.69) is 25.4 Å². The van der Waals surface area contributed by atoms with Gasteiger partial charge in [-0.25, -0.2) is 15.8 Å². The lowest BCUT2D eigenvalue weighted by Gasteiger charge is -2.23. The number of hydrogen-bond acceptors (Lipinski definition) is 8. The molecule has 0 saturated heterocycles. The Balaban J connectivity index is 1.85. The Morgan fingerprint density at radius 1 is 1.23 bits per heavy atom. The fourth-order valence-electron chi connectivity index (χ4n) is 2.73. The van der Waals surface area contributed by atoms with Crippen molar-refractivity contribution in [3.05, 3.63) is 57.8 Å². The van der Waals surface area contributed by atoms with Gasteiger partial charge in [0.2, 0.25) is 0 Å². The van der Waals surface area contributed by atoms with Crippen LogP contribution in [0.25, 0.3) is 11.3 Å². The van der Waals surface area contributed by atoms with E-state index < -0.39 is 0 Å². The van der Waals surface area contributed by atoms with Crippen molar-refractivity contribution < 1.29 is 4.79 Å². The minimum Gasteiger partial charge on any atom is -0.321 e. The number of nitrogens with zero attached hydrogens (tertiary/aromatic N) is 5. The number of amides is 1. The molecular formula is C20H24N8OS. The molecule has 0 unspecified atom stereocenters. The van der Waals surface area contributed by atoms with Gasteiger partial charge in [-0.1, -0.05) is 6.07 Å². The van der Waals surface area contributed by atoms with Gasteiger partial charge in [0.15, 0.2) is 5.84 Å². The number of thiazole rings is 1. The van der Waals surface area contributed by atoms with Gasteiger partial charge >= 0.3 is 0 Å². The molecule has 1 amide bonds. The topological polar surface area (TPSA) is 135 Å². The van der Waals surface area contributed by atoms with Crippen LogP contribution >= 0.6 is 11.3 Å². The summed E-state index contributed by atoms with van der Waals surface area (Å²) in [5, 5.41) is 10.8. The number of aromatic nitrogens is 3. The largest absolute Gasteiger partial charge is 0.321 e. The lowest BCUT2D eigenvalue weighted by atomic mass is 10.1. The maximum atomic E-state index is 12.8. The first-order valence-corrected chi connectivity index (χ1v) is 10.2. The monoisotopic (exact) mass is 424 g/mol. The summed E-state index contributed by atoms with van der Waals surface area (Å²) in [5.41, 5.74) is 3.35. The number of hydrogen-bond donors (Lipinski definition) is 3. The Kier molecular flexibility index (Phi) is 6.38. The third-order valence-electron chi connectivity index (χ3n) is 4.37. The maximum Gasteiger partial charge on any atom is 0.275 e. The minimum atomic E-state index is -0.382. The van der Waals surface area contributed by atoms with Gasteiger partial charge in [0, 0.05) is 23.2 Å². The molecule has 0 bridgehead atoms. The summed E-state index contributed by atoms with van der Waals surface area (Å²) < 4.78 is 0. The Labute approximate surface area is 178 Å². The lowest BCUT2D eigenvalue weighted by Crippen LogP contribution is -2.44. The molecule has 0 spiro atoms. The average molecular weight is 425 g/mol. The van der Waals surface area contributed by atoms with Crippen molar-refractivity contribution in [1.29, 1.82) is 0 Å². The minimum absolute atomic E-state index is 0.0307. The average Bonchev–Trinajstić information content (AvgIpc) is 3.15. The van der Waals surface area contributed by atoms with Crippen LogP contribution < -0.4 is 17.0 Å². The van der Waals surface area contributed by atoms with Crippen LogP contribution in [0, 0.1) is 13.8 Å². The molecule has 5 N–H and O–H groups in total. The van der Waals surface area contributed by atoms with E-state index in [0.717, 1.165) is 21.8 Å². The lowest BCUT2D eigenvalue weighted by molar-refractivity contribution is 0.102. The molecule has 30 heavy (non-hydrogen) atoms. The molecule has 3 aromatic heterocycles. The number of aryl methyl sites for hydroxylation is 2. The van der Waals surface area contributed by atoms with Crippen LogP contribution in [0.15, 0.2) is 40.9 Å². The number of nitrogens with one attached hydrogen (secondary N) is 1. The van der Waals surface area contributed by atoms with Crippen molar-refractivity contribution >= 4 is 28.9 Å². The first-order chi connectivity index (χ1) is 14.3. The molecule has 9 nitrogen and oxygen atoms in total. The first kappa shape index (κ1) is 21.3. The molecule has 0 saturated carbocycles. The summed E-state index contributed by atoms with van der Waals surface area (Å²) >= 11 is 1.56. The van der Waals surface area contributed by atoms with Crippen molar-refractivity contribution in [3.63, 3.8) is 0 Å². The van der Waals surface area contributed by atoms with E-state index in [1.165, 1.54) is 5.01 Å². The SMILES string of the molecule is Cc1nc(-c2cc(C(=O)Nc3cccc(/C(=N/N)N(N)C(C)C)n3)ncc2C)cs1. The molecular weight excluding hydrogens is 400 g/mol. The van der Waals surface area contributed by atoms with Gasteiger partial charge in [-0.3, -0.25) is 14.8 Å². The third-order valence-corrected chi connectivity index (χ3v) is 5.15. The van der Waals surface area contributed by atoms with Crippen LogP contribution in [0.5, 0.6) is 0 Å². The van der Waals surface area contributed by atoms with Crippen LogP contribution in [0.2, 0.25) is 0 Å². The van der Waals surface area contributed by atoms with Gasteiger partial charge in [0.25, 0.3) is 5.91 Å². The molecule has 3 heterocycles. The number of hydrazone groups is 1. The van der Waals surface area contributed by atoms with Gasteiger partial charge in [-0.15, -0.1) is 11.3 Å². The van der Waals surface area contributed by atoms with Crippen LogP contribution in [-0.2, 0) is 0 Å². The number of hydrazine groups is 1. The summed E-state index contributed by atoms with van der Waals surface area (Å²) in [7, 11) is 0. The van der Waals surface area contributed by atoms with Crippen molar-refractivity contribution in [3.8, 4) is 11.3 Å². The fourth-order valence-corrected chi connectivity index (χ4v) is 3.34.